The molecule has 2 nitrogen and oxygen atoms in total. The predicted octanol–water partition coefficient (Wildman–Crippen LogP) is 1.72. The lowest BCUT2D eigenvalue weighted by atomic mass is 9.86. The highest BCUT2D eigenvalue weighted by molar-refractivity contribution is 4.77. The standard InChI is InChI=1S/C11H24N2/c1-10-6-4-5-7-11(10)12-8-9-13(2)3/h10-12H,4-9H2,1-3H3. The summed E-state index contributed by atoms with van der Waals surface area (Å²) in [6.07, 6.45) is 5.66. The second-order valence-electron chi connectivity index (χ2n) is 4.63. The normalized spacial score (nSPS) is 29.5. The molecular weight excluding hydrogens is 160 g/mol. The summed E-state index contributed by atoms with van der Waals surface area (Å²) in [4.78, 5) is 2.24. The van der Waals surface area contributed by atoms with Crippen molar-refractivity contribution in [2.75, 3.05) is 27.2 Å². The van der Waals surface area contributed by atoms with Gasteiger partial charge in [0.05, 0.1) is 0 Å². The van der Waals surface area contributed by atoms with Crippen molar-refractivity contribution in [1.82, 2.24) is 10.2 Å². The van der Waals surface area contributed by atoms with E-state index in [0.717, 1.165) is 25.0 Å². The quantitative estimate of drug-likeness (QED) is 0.715. The van der Waals surface area contributed by atoms with Crippen LogP contribution in [0.1, 0.15) is 32.6 Å². The Hall–Kier alpha value is -0.0800. The Bertz CT molecular complexity index is 134. The summed E-state index contributed by atoms with van der Waals surface area (Å²) in [5, 5.41) is 3.66. The van der Waals surface area contributed by atoms with Gasteiger partial charge in [-0.2, -0.15) is 0 Å². The minimum absolute atomic E-state index is 0.786. The summed E-state index contributed by atoms with van der Waals surface area (Å²) in [6.45, 7) is 4.68. The van der Waals surface area contributed by atoms with E-state index in [1.54, 1.807) is 0 Å². The fraction of sp³-hybridized carbons (Fsp3) is 1.00. The van der Waals surface area contributed by atoms with Gasteiger partial charge in [-0.25, -0.2) is 0 Å². The molecule has 0 aliphatic heterocycles. The van der Waals surface area contributed by atoms with Crippen LogP contribution in [0.4, 0.5) is 0 Å². The van der Waals surface area contributed by atoms with Crippen molar-refractivity contribution >= 4 is 0 Å². The van der Waals surface area contributed by atoms with Crippen molar-refractivity contribution in [3.8, 4) is 0 Å². The molecule has 0 aromatic rings. The minimum Gasteiger partial charge on any atom is -0.312 e. The average Bonchev–Trinajstić information content (AvgIpc) is 2.08. The smallest absolute Gasteiger partial charge is 0.0101 e. The zero-order chi connectivity index (χ0) is 9.68. The Labute approximate surface area is 82.7 Å². The van der Waals surface area contributed by atoms with E-state index in [9.17, 15) is 0 Å². The first-order valence-electron chi connectivity index (χ1n) is 5.58. The average molecular weight is 184 g/mol. The lowest BCUT2D eigenvalue weighted by molar-refractivity contribution is 0.270. The lowest BCUT2D eigenvalue weighted by Gasteiger charge is -2.30. The monoisotopic (exact) mass is 184 g/mol. The molecule has 0 radical (unpaired) electrons. The second kappa shape index (κ2) is 5.61. The van der Waals surface area contributed by atoms with Crippen LogP contribution in [0.25, 0.3) is 0 Å². The van der Waals surface area contributed by atoms with Gasteiger partial charge < -0.3 is 10.2 Å². The summed E-state index contributed by atoms with van der Waals surface area (Å²) >= 11 is 0. The minimum atomic E-state index is 0.786. The maximum Gasteiger partial charge on any atom is 0.0101 e. The molecule has 0 saturated heterocycles. The Morgan fingerprint density at radius 3 is 2.54 bits per heavy atom. The van der Waals surface area contributed by atoms with Gasteiger partial charge >= 0.3 is 0 Å². The van der Waals surface area contributed by atoms with Crippen LogP contribution in [0.5, 0.6) is 0 Å². The van der Waals surface area contributed by atoms with Gasteiger partial charge in [0.1, 0.15) is 0 Å². The number of hydrogen-bond acceptors (Lipinski definition) is 2. The number of nitrogens with zero attached hydrogens (tertiary/aromatic N) is 1. The van der Waals surface area contributed by atoms with Crippen molar-refractivity contribution in [2.45, 2.75) is 38.6 Å². The summed E-state index contributed by atoms with van der Waals surface area (Å²) in [6, 6.07) is 0.786. The van der Waals surface area contributed by atoms with Gasteiger partial charge in [-0.1, -0.05) is 19.8 Å². The zero-order valence-electron chi connectivity index (χ0n) is 9.34. The predicted molar refractivity (Wildman–Crippen MR) is 58.0 cm³/mol. The van der Waals surface area contributed by atoms with Crippen LogP contribution >= 0.6 is 0 Å². The first-order chi connectivity index (χ1) is 6.20. The largest absolute Gasteiger partial charge is 0.312 e. The lowest BCUT2D eigenvalue weighted by Crippen LogP contribution is -2.40. The summed E-state index contributed by atoms with van der Waals surface area (Å²) < 4.78 is 0. The molecule has 0 bridgehead atoms. The number of likely N-dealkylation sites (N-methyl/N-ethyl adjacent to an activating group) is 1. The van der Waals surface area contributed by atoms with Gasteiger partial charge in [0, 0.05) is 19.1 Å². The Kier molecular flexibility index (Phi) is 4.74. The van der Waals surface area contributed by atoms with E-state index in [2.05, 4.69) is 31.2 Å². The molecule has 1 aliphatic rings. The van der Waals surface area contributed by atoms with Crippen LogP contribution in [0, 0.1) is 5.92 Å². The molecule has 0 spiro atoms. The summed E-state index contributed by atoms with van der Waals surface area (Å²) in [7, 11) is 4.26. The van der Waals surface area contributed by atoms with Crippen molar-refractivity contribution in [2.24, 2.45) is 5.92 Å². The highest BCUT2D eigenvalue weighted by Gasteiger charge is 2.19. The van der Waals surface area contributed by atoms with E-state index in [0.29, 0.717) is 0 Å². The van der Waals surface area contributed by atoms with Crippen molar-refractivity contribution in [1.29, 1.82) is 0 Å². The molecule has 1 N–H and O–H groups in total. The number of hydrogen-bond donors (Lipinski definition) is 1. The Balaban J connectivity index is 2.11. The Morgan fingerprint density at radius 2 is 1.92 bits per heavy atom. The molecule has 0 heterocycles. The van der Waals surface area contributed by atoms with Gasteiger partial charge in [-0.15, -0.1) is 0 Å². The number of rotatable bonds is 4. The first-order valence-corrected chi connectivity index (χ1v) is 5.58. The topological polar surface area (TPSA) is 15.3 Å². The van der Waals surface area contributed by atoms with E-state index >= 15 is 0 Å². The van der Waals surface area contributed by atoms with E-state index < -0.39 is 0 Å². The third-order valence-electron chi connectivity index (χ3n) is 3.08. The SMILES string of the molecule is CC1CCCCC1NCCN(C)C. The van der Waals surface area contributed by atoms with Crippen LogP contribution in [0.2, 0.25) is 0 Å². The maximum atomic E-state index is 3.66. The van der Waals surface area contributed by atoms with Crippen molar-refractivity contribution < 1.29 is 0 Å². The van der Waals surface area contributed by atoms with Gasteiger partial charge in [-0.3, -0.25) is 0 Å². The molecule has 1 fully saturated rings. The zero-order valence-corrected chi connectivity index (χ0v) is 9.34. The third kappa shape index (κ3) is 4.10. The molecule has 0 aromatic heterocycles. The second-order valence-corrected chi connectivity index (χ2v) is 4.63. The molecular formula is C11H24N2. The molecule has 1 rings (SSSR count). The molecule has 0 amide bonds. The van der Waals surface area contributed by atoms with E-state index in [-0.39, 0.29) is 0 Å². The van der Waals surface area contributed by atoms with E-state index in [1.165, 1.54) is 25.7 Å². The molecule has 78 valence electrons. The van der Waals surface area contributed by atoms with Gasteiger partial charge in [0.15, 0.2) is 0 Å². The third-order valence-corrected chi connectivity index (χ3v) is 3.08. The highest BCUT2D eigenvalue weighted by atomic mass is 15.1. The molecule has 2 heteroatoms. The summed E-state index contributed by atoms with van der Waals surface area (Å²) in [5.74, 6) is 0.885. The fourth-order valence-corrected chi connectivity index (χ4v) is 2.09. The van der Waals surface area contributed by atoms with E-state index in [1.807, 2.05) is 0 Å². The fourth-order valence-electron chi connectivity index (χ4n) is 2.09. The van der Waals surface area contributed by atoms with E-state index in [4.69, 9.17) is 0 Å². The molecule has 1 saturated carbocycles. The highest BCUT2D eigenvalue weighted by Crippen LogP contribution is 2.23. The van der Waals surface area contributed by atoms with Crippen LogP contribution in [-0.4, -0.2) is 38.1 Å². The molecule has 1 aliphatic carbocycles. The maximum absolute atomic E-state index is 3.66. The molecule has 2 unspecified atom stereocenters. The van der Waals surface area contributed by atoms with Crippen molar-refractivity contribution in [3.63, 3.8) is 0 Å². The van der Waals surface area contributed by atoms with Crippen molar-refractivity contribution in [3.05, 3.63) is 0 Å². The van der Waals surface area contributed by atoms with Gasteiger partial charge in [0.2, 0.25) is 0 Å². The van der Waals surface area contributed by atoms with Gasteiger partial charge in [-0.05, 0) is 32.9 Å². The van der Waals surface area contributed by atoms with Crippen LogP contribution < -0.4 is 5.32 Å². The molecule has 13 heavy (non-hydrogen) atoms. The molecule has 2 atom stereocenters. The first kappa shape index (κ1) is 11.0. The van der Waals surface area contributed by atoms with Crippen LogP contribution in [0.3, 0.4) is 0 Å². The van der Waals surface area contributed by atoms with Crippen LogP contribution in [0.15, 0.2) is 0 Å². The number of nitrogens with one attached hydrogen (secondary N) is 1. The van der Waals surface area contributed by atoms with Gasteiger partial charge in [0.25, 0.3) is 0 Å². The molecule has 0 aromatic carbocycles. The Morgan fingerprint density at radius 1 is 1.23 bits per heavy atom. The summed E-state index contributed by atoms with van der Waals surface area (Å²) in [5.41, 5.74) is 0. The van der Waals surface area contributed by atoms with Crippen LogP contribution in [-0.2, 0) is 0 Å².